The van der Waals surface area contributed by atoms with Crippen LogP contribution in [0.5, 0.6) is 0 Å². The van der Waals surface area contributed by atoms with Crippen molar-refractivity contribution < 1.29 is 5.11 Å². The molecule has 0 atom stereocenters. The number of aromatic nitrogens is 4. The van der Waals surface area contributed by atoms with E-state index in [-0.39, 0.29) is 6.61 Å². The van der Waals surface area contributed by atoms with Crippen LogP contribution in [-0.2, 0) is 0 Å². The Labute approximate surface area is 79.2 Å². The average Bonchev–Trinajstić information content (AvgIpc) is 2.59. The highest BCUT2D eigenvalue weighted by molar-refractivity contribution is 5.81. The first-order valence-corrected chi connectivity index (χ1v) is 3.87. The molecule has 2 rings (SSSR count). The van der Waals surface area contributed by atoms with Crippen LogP contribution in [0.15, 0.2) is 6.33 Å². The molecule has 0 fully saturated rings. The van der Waals surface area contributed by atoms with Gasteiger partial charge in [0.15, 0.2) is 17.3 Å². The number of rotatable bonds is 0. The summed E-state index contributed by atoms with van der Waals surface area (Å²) in [6.07, 6.45) is 1.34. The summed E-state index contributed by atoms with van der Waals surface area (Å²) in [6, 6.07) is 0. The molecule has 14 heavy (non-hydrogen) atoms. The monoisotopic (exact) mass is 189 g/mol. The molecule has 0 saturated carbocycles. The summed E-state index contributed by atoms with van der Waals surface area (Å²) in [4.78, 5) is 14.6. The Morgan fingerprint density at radius 2 is 2.36 bits per heavy atom. The minimum absolute atomic E-state index is 0.210. The topological polar surface area (TPSA) is 101 Å². The molecular weight excluding hydrogens is 182 g/mol. The van der Waals surface area contributed by atoms with Gasteiger partial charge in [-0.05, 0) is 5.92 Å². The van der Waals surface area contributed by atoms with Gasteiger partial charge in [-0.1, -0.05) is 5.92 Å². The fourth-order valence-electron chi connectivity index (χ4n) is 1.03. The van der Waals surface area contributed by atoms with Crippen LogP contribution < -0.4 is 5.73 Å². The van der Waals surface area contributed by atoms with Gasteiger partial charge in [-0.2, -0.15) is 0 Å². The molecule has 0 spiro atoms. The van der Waals surface area contributed by atoms with Gasteiger partial charge in [0.2, 0.25) is 0 Å². The number of aliphatic hydroxyl groups is 1. The van der Waals surface area contributed by atoms with Gasteiger partial charge in [0, 0.05) is 0 Å². The lowest BCUT2D eigenvalue weighted by Crippen LogP contribution is -1.91. The van der Waals surface area contributed by atoms with Crippen molar-refractivity contribution in [2.75, 3.05) is 12.3 Å². The molecule has 2 aromatic rings. The second-order valence-corrected chi connectivity index (χ2v) is 2.50. The molecule has 0 radical (unpaired) electrons. The third-order valence-electron chi connectivity index (χ3n) is 1.60. The summed E-state index contributed by atoms with van der Waals surface area (Å²) in [6.45, 7) is -0.210. The first-order valence-electron chi connectivity index (χ1n) is 3.87. The number of aliphatic hydroxyl groups excluding tert-OH is 1. The van der Waals surface area contributed by atoms with E-state index < -0.39 is 0 Å². The van der Waals surface area contributed by atoms with Crippen molar-refractivity contribution in [2.24, 2.45) is 0 Å². The number of fused-ring (bicyclic) bond motifs is 1. The van der Waals surface area contributed by atoms with E-state index in [9.17, 15) is 0 Å². The Morgan fingerprint density at radius 1 is 1.50 bits per heavy atom. The minimum atomic E-state index is -0.210. The fourth-order valence-corrected chi connectivity index (χ4v) is 1.03. The van der Waals surface area contributed by atoms with Crippen LogP contribution in [0.3, 0.4) is 0 Å². The highest BCUT2D eigenvalue weighted by Gasteiger charge is 2.04. The average molecular weight is 189 g/mol. The van der Waals surface area contributed by atoms with E-state index >= 15 is 0 Å². The van der Waals surface area contributed by atoms with Crippen LogP contribution in [0.2, 0.25) is 0 Å². The molecule has 0 unspecified atom stereocenters. The lowest BCUT2D eigenvalue weighted by Gasteiger charge is -1.89. The predicted molar refractivity (Wildman–Crippen MR) is 50.1 cm³/mol. The highest BCUT2D eigenvalue weighted by atomic mass is 16.2. The molecule has 2 aromatic heterocycles. The number of H-pyrrole nitrogens is 1. The maximum atomic E-state index is 8.49. The summed E-state index contributed by atoms with van der Waals surface area (Å²) >= 11 is 0. The smallest absolute Gasteiger partial charge is 0.185 e. The van der Waals surface area contributed by atoms with Crippen LogP contribution in [0, 0.1) is 11.8 Å². The first-order chi connectivity index (χ1) is 6.81. The number of hydrogen-bond donors (Lipinski definition) is 3. The van der Waals surface area contributed by atoms with Crippen molar-refractivity contribution in [1.29, 1.82) is 0 Å². The Hall–Kier alpha value is -2.13. The van der Waals surface area contributed by atoms with Crippen LogP contribution in [0.25, 0.3) is 11.2 Å². The molecule has 0 saturated heterocycles. The molecule has 2 heterocycles. The second-order valence-electron chi connectivity index (χ2n) is 2.50. The molecule has 0 amide bonds. The maximum Gasteiger partial charge on any atom is 0.185 e. The molecule has 0 aliphatic rings. The lowest BCUT2D eigenvalue weighted by atomic mass is 10.5. The second kappa shape index (κ2) is 3.32. The molecule has 6 heteroatoms. The highest BCUT2D eigenvalue weighted by Crippen LogP contribution is 2.12. The van der Waals surface area contributed by atoms with E-state index in [0.29, 0.717) is 22.8 Å². The fraction of sp³-hybridized carbons (Fsp3) is 0.125. The summed E-state index contributed by atoms with van der Waals surface area (Å²) in [5.74, 6) is 5.84. The van der Waals surface area contributed by atoms with E-state index in [1.165, 1.54) is 6.33 Å². The van der Waals surface area contributed by atoms with E-state index in [2.05, 4.69) is 31.8 Å². The van der Waals surface area contributed by atoms with Gasteiger partial charge in [0.25, 0.3) is 0 Å². The van der Waals surface area contributed by atoms with Crippen molar-refractivity contribution in [2.45, 2.75) is 0 Å². The molecule has 70 valence electrons. The van der Waals surface area contributed by atoms with Gasteiger partial charge < -0.3 is 15.8 Å². The summed E-state index contributed by atoms with van der Waals surface area (Å²) in [7, 11) is 0. The van der Waals surface area contributed by atoms with Crippen molar-refractivity contribution >= 4 is 17.0 Å². The Balaban J connectivity index is 2.57. The van der Waals surface area contributed by atoms with Gasteiger partial charge in [-0.3, -0.25) is 0 Å². The summed E-state index contributed by atoms with van der Waals surface area (Å²) < 4.78 is 0. The zero-order chi connectivity index (χ0) is 9.97. The number of anilines is 1. The Bertz CT molecular complexity index is 521. The van der Waals surface area contributed by atoms with Crippen molar-refractivity contribution in [3.8, 4) is 11.8 Å². The van der Waals surface area contributed by atoms with E-state index in [1.54, 1.807) is 0 Å². The number of nitrogens with one attached hydrogen (secondary N) is 1. The number of imidazole rings is 1. The van der Waals surface area contributed by atoms with Crippen molar-refractivity contribution in [3.63, 3.8) is 0 Å². The standard InChI is InChI=1S/C8H7N5O/c9-7-6-8(11-4-10-7)13-5(12-6)2-1-3-14/h4,14H,3H2,(H3,9,10,11,12,13). The molecule has 0 aromatic carbocycles. The van der Waals surface area contributed by atoms with Gasteiger partial charge in [-0.15, -0.1) is 0 Å². The zero-order valence-corrected chi connectivity index (χ0v) is 7.15. The van der Waals surface area contributed by atoms with Gasteiger partial charge in [0.05, 0.1) is 0 Å². The number of nitrogen functional groups attached to an aromatic ring is 1. The maximum absolute atomic E-state index is 8.49. The number of nitrogens with zero attached hydrogens (tertiary/aromatic N) is 3. The van der Waals surface area contributed by atoms with Crippen LogP contribution >= 0.6 is 0 Å². The minimum Gasteiger partial charge on any atom is -0.384 e. The third kappa shape index (κ3) is 1.36. The summed E-state index contributed by atoms with van der Waals surface area (Å²) in [5, 5.41) is 8.49. The third-order valence-corrected chi connectivity index (χ3v) is 1.60. The van der Waals surface area contributed by atoms with Crippen molar-refractivity contribution in [1.82, 2.24) is 19.9 Å². The largest absolute Gasteiger partial charge is 0.384 e. The Morgan fingerprint density at radius 3 is 3.07 bits per heavy atom. The predicted octanol–water partition coefficient (Wildman–Crippen LogP) is -0.721. The normalized spacial score (nSPS) is 9.79. The molecule has 0 aliphatic heterocycles. The van der Waals surface area contributed by atoms with E-state index in [1.807, 2.05) is 0 Å². The van der Waals surface area contributed by atoms with Gasteiger partial charge in [0.1, 0.15) is 18.5 Å². The van der Waals surface area contributed by atoms with Crippen molar-refractivity contribution in [3.05, 3.63) is 12.2 Å². The number of aromatic amines is 1. The molecule has 6 nitrogen and oxygen atoms in total. The van der Waals surface area contributed by atoms with Crippen LogP contribution in [-0.4, -0.2) is 31.6 Å². The molecular formula is C8H7N5O. The SMILES string of the molecule is Nc1ncnc2nc(C#CCO)[nH]c12. The van der Waals surface area contributed by atoms with Crippen LogP contribution in [0.1, 0.15) is 5.82 Å². The van der Waals surface area contributed by atoms with Gasteiger partial charge in [-0.25, -0.2) is 15.0 Å². The summed E-state index contributed by atoms with van der Waals surface area (Å²) in [5.41, 5.74) is 6.61. The first kappa shape index (κ1) is 8.47. The Kier molecular flexibility index (Phi) is 2.01. The quantitative estimate of drug-likeness (QED) is 0.475. The van der Waals surface area contributed by atoms with Crippen LogP contribution in [0.4, 0.5) is 5.82 Å². The number of nitrogens with two attached hydrogens (primary N) is 1. The lowest BCUT2D eigenvalue weighted by molar-refractivity contribution is 0.350. The molecule has 0 aliphatic carbocycles. The molecule has 4 N–H and O–H groups in total. The number of hydrogen-bond acceptors (Lipinski definition) is 5. The van der Waals surface area contributed by atoms with E-state index in [4.69, 9.17) is 10.8 Å². The molecule has 0 bridgehead atoms. The van der Waals surface area contributed by atoms with E-state index in [0.717, 1.165) is 0 Å². The van der Waals surface area contributed by atoms with Gasteiger partial charge >= 0.3 is 0 Å². The zero-order valence-electron chi connectivity index (χ0n) is 7.15.